The van der Waals surface area contributed by atoms with Crippen molar-refractivity contribution in [1.29, 1.82) is 0 Å². The highest BCUT2D eigenvalue weighted by atomic mass is 16.6. The van der Waals surface area contributed by atoms with Gasteiger partial charge in [-0.1, -0.05) is 6.07 Å². The van der Waals surface area contributed by atoms with Crippen molar-refractivity contribution in [1.82, 2.24) is 0 Å². The summed E-state index contributed by atoms with van der Waals surface area (Å²) in [6.07, 6.45) is 0.450. The molecule has 2 saturated carbocycles. The number of methoxy groups -OCH3 is 1. The number of benzene rings is 1. The lowest BCUT2D eigenvalue weighted by Gasteiger charge is -2.28. The molecule has 0 saturated heterocycles. The predicted octanol–water partition coefficient (Wildman–Crippen LogP) is 4.11. The summed E-state index contributed by atoms with van der Waals surface area (Å²) in [6, 6.07) is 5.20. The van der Waals surface area contributed by atoms with Gasteiger partial charge in [0.15, 0.2) is 0 Å². The molecule has 1 aromatic rings. The molecule has 0 radical (unpaired) electrons. The van der Waals surface area contributed by atoms with Crippen LogP contribution in [0, 0.1) is 30.6 Å². The van der Waals surface area contributed by atoms with E-state index in [1.807, 2.05) is 13.0 Å². The van der Waals surface area contributed by atoms with Gasteiger partial charge in [0.2, 0.25) is 5.91 Å². The fourth-order valence-corrected chi connectivity index (χ4v) is 4.39. The van der Waals surface area contributed by atoms with Gasteiger partial charge >= 0.3 is 12.1 Å². The van der Waals surface area contributed by atoms with Crippen LogP contribution in [0.3, 0.4) is 0 Å². The van der Waals surface area contributed by atoms with Crippen LogP contribution in [0.15, 0.2) is 18.2 Å². The molecule has 7 nitrogen and oxygen atoms in total. The van der Waals surface area contributed by atoms with Gasteiger partial charge in [-0.25, -0.2) is 9.69 Å². The molecule has 0 heterocycles. The Bertz CT molecular complexity index is 831. The van der Waals surface area contributed by atoms with Crippen LogP contribution in [-0.4, -0.2) is 37.3 Å². The first-order chi connectivity index (χ1) is 14.1. The molecular weight excluding hydrogens is 386 g/mol. The normalized spacial score (nSPS) is 24.6. The van der Waals surface area contributed by atoms with Crippen LogP contribution in [0.4, 0.5) is 10.5 Å². The van der Waals surface area contributed by atoms with Crippen molar-refractivity contribution in [3.63, 3.8) is 0 Å². The summed E-state index contributed by atoms with van der Waals surface area (Å²) in [6.45, 7) is 9.33. The number of amides is 2. The van der Waals surface area contributed by atoms with Crippen molar-refractivity contribution in [2.24, 2.45) is 23.7 Å². The van der Waals surface area contributed by atoms with Crippen LogP contribution in [0.5, 0.6) is 5.75 Å². The van der Waals surface area contributed by atoms with Crippen LogP contribution >= 0.6 is 0 Å². The van der Waals surface area contributed by atoms with Crippen molar-refractivity contribution in [2.75, 3.05) is 18.6 Å². The van der Waals surface area contributed by atoms with E-state index in [0.29, 0.717) is 30.9 Å². The molecule has 0 bridgehead atoms. The fourth-order valence-electron chi connectivity index (χ4n) is 4.39. The van der Waals surface area contributed by atoms with Crippen molar-refractivity contribution in [2.45, 2.75) is 53.1 Å². The maximum atomic E-state index is 13.4. The largest absolute Gasteiger partial charge is 0.496 e. The Labute approximate surface area is 177 Å². The fraction of sp³-hybridized carbons (Fsp3) is 0.609. The molecule has 2 unspecified atom stereocenters. The summed E-state index contributed by atoms with van der Waals surface area (Å²) in [5.41, 5.74) is 0.577. The Hall–Kier alpha value is -2.57. The van der Waals surface area contributed by atoms with E-state index in [1.54, 1.807) is 46.9 Å². The van der Waals surface area contributed by atoms with Gasteiger partial charge in [-0.15, -0.1) is 0 Å². The summed E-state index contributed by atoms with van der Waals surface area (Å²) in [5, 5.41) is 0. The maximum absolute atomic E-state index is 13.4. The van der Waals surface area contributed by atoms with E-state index >= 15 is 0 Å². The monoisotopic (exact) mass is 417 g/mol. The summed E-state index contributed by atoms with van der Waals surface area (Å²) in [5.74, 6) is -0.00726. The van der Waals surface area contributed by atoms with E-state index < -0.39 is 11.7 Å². The van der Waals surface area contributed by atoms with Gasteiger partial charge in [0.1, 0.15) is 11.4 Å². The molecule has 0 aliphatic heterocycles. The summed E-state index contributed by atoms with van der Waals surface area (Å²) in [7, 11) is 1.55. The van der Waals surface area contributed by atoms with Crippen LogP contribution < -0.4 is 9.64 Å². The Kier molecular flexibility index (Phi) is 6.11. The molecule has 2 amide bonds. The number of nitrogens with zero attached hydrogens (tertiary/aromatic N) is 1. The number of imide groups is 1. The number of esters is 1. The molecule has 0 aromatic heterocycles. The van der Waals surface area contributed by atoms with Gasteiger partial charge < -0.3 is 14.2 Å². The quantitative estimate of drug-likeness (QED) is 0.671. The number of fused-ring (bicyclic) bond motifs is 1. The number of ether oxygens (including phenoxy) is 3. The zero-order chi connectivity index (χ0) is 22.2. The van der Waals surface area contributed by atoms with Gasteiger partial charge in [-0.2, -0.15) is 0 Å². The number of hydrogen-bond acceptors (Lipinski definition) is 6. The average Bonchev–Trinajstić information content (AvgIpc) is 3.16. The zero-order valence-corrected chi connectivity index (χ0v) is 18.6. The zero-order valence-electron chi connectivity index (χ0n) is 18.6. The third kappa shape index (κ3) is 4.45. The van der Waals surface area contributed by atoms with Crippen molar-refractivity contribution in [3.05, 3.63) is 23.8 Å². The minimum absolute atomic E-state index is 0.108. The Morgan fingerprint density at radius 3 is 2.30 bits per heavy atom. The third-order valence-corrected chi connectivity index (χ3v) is 5.80. The first-order valence-electron chi connectivity index (χ1n) is 10.5. The molecule has 0 N–H and O–H groups in total. The minimum Gasteiger partial charge on any atom is -0.496 e. The highest BCUT2D eigenvalue weighted by Gasteiger charge is 2.62. The molecular formula is C23H31NO6. The van der Waals surface area contributed by atoms with Crippen molar-refractivity contribution in [3.8, 4) is 5.75 Å². The SMILES string of the molecule is CCOC(=O)C1C2CC(C(=O)N(C(=O)OC(C)(C)C)c3ccc(C)c(OC)c3)CC21. The molecule has 2 atom stereocenters. The van der Waals surface area contributed by atoms with E-state index in [1.165, 1.54) is 0 Å². The molecule has 30 heavy (non-hydrogen) atoms. The smallest absolute Gasteiger partial charge is 0.421 e. The lowest BCUT2D eigenvalue weighted by atomic mass is 9.98. The van der Waals surface area contributed by atoms with E-state index in [-0.39, 0.29) is 35.5 Å². The van der Waals surface area contributed by atoms with Crippen molar-refractivity contribution < 1.29 is 28.6 Å². The number of carbonyl (C=O) groups is 3. The second kappa shape index (κ2) is 8.28. The standard InChI is InChI=1S/C23H31NO6/c1-7-29-21(26)19-16-10-14(11-17(16)19)20(25)24(22(27)30-23(3,4)5)15-9-8-13(2)18(12-15)28-6/h8-9,12,14,16-17,19H,7,10-11H2,1-6H3. The molecule has 1 aromatic carbocycles. The Morgan fingerprint density at radius 1 is 1.13 bits per heavy atom. The van der Waals surface area contributed by atoms with Gasteiger partial charge in [-0.3, -0.25) is 9.59 Å². The second-order valence-corrected chi connectivity index (χ2v) is 9.08. The van der Waals surface area contributed by atoms with E-state index in [9.17, 15) is 14.4 Å². The highest BCUT2D eigenvalue weighted by Crippen LogP contribution is 2.60. The molecule has 2 aliphatic rings. The number of hydrogen-bond donors (Lipinski definition) is 0. The predicted molar refractivity (Wildman–Crippen MR) is 111 cm³/mol. The summed E-state index contributed by atoms with van der Waals surface area (Å²) in [4.78, 5) is 39.5. The van der Waals surface area contributed by atoms with Gasteiger partial charge in [0.25, 0.3) is 0 Å². The minimum atomic E-state index is -0.739. The van der Waals surface area contributed by atoms with Crippen LogP contribution in [0.1, 0.15) is 46.1 Å². The van der Waals surface area contributed by atoms with Crippen LogP contribution in [0.2, 0.25) is 0 Å². The van der Waals surface area contributed by atoms with E-state index in [4.69, 9.17) is 14.2 Å². The lowest BCUT2D eigenvalue weighted by Crippen LogP contribution is -2.44. The first kappa shape index (κ1) is 22.1. The number of rotatable bonds is 5. The third-order valence-electron chi connectivity index (χ3n) is 5.80. The summed E-state index contributed by atoms with van der Waals surface area (Å²) < 4.78 is 16.0. The van der Waals surface area contributed by atoms with Gasteiger partial charge in [0.05, 0.1) is 25.3 Å². The molecule has 7 heteroatoms. The van der Waals surface area contributed by atoms with Gasteiger partial charge in [-0.05, 0) is 70.9 Å². The first-order valence-corrected chi connectivity index (χ1v) is 10.5. The van der Waals surface area contributed by atoms with E-state index in [0.717, 1.165) is 10.5 Å². The number of carbonyl (C=O) groups excluding carboxylic acids is 3. The molecule has 2 aliphatic carbocycles. The second-order valence-electron chi connectivity index (χ2n) is 9.08. The van der Waals surface area contributed by atoms with Crippen LogP contribution in [0.25, 0.3) is 0 Å². The molecule has 2 fully saturated rings. The number of aryl methyl sites for hydroxylation is 1. The molecule has 0 spiro atoms. The van der Waals surface area contributed by atoms with Crippen LogP contribution in [-0.2, 0) is 19.1 Å². The number of anilines is 1. The van der Waals surface area contributed by atoms with Crippen molar-refractivity contribution >= 4 is 23.7 Å². The maximum Gasteiger partial charge on any atom is 0.421 e. The van der Waals surface area contributed by atoms with E-state index in [2.05, 4.69) is 0 Å². The highest BCUT2D eigenvalue weighted by molar-refractivity contribution is 6.13. The lowest BCUT2D eigenvalue weighted by molar-refractivity contribution is -0.146. The Balaban J connectivity index is 1.80. The molecule has 164 valence electrons. The topological polar surface area (TPSA) is 82.1 Å². The average molecular weight is 418 g/mol. The molecule has 3 rings (SSSR count). The summed E-state index contributed by atoms with van der Waals surface area (Å²) >= 11 is 0. The van der Waals surface area contributed by atoms with Gasteiger partial charge in [0, 0.05) is 12.0 Å². The Morgan fingerprint density at radius 2 is 1.77 bits per heavy atom.